The van der Waals surface area contributed by atoms with Crippen LogP contribution in [0.2, 0.25) is 0 Å². The summed E-state index contributed by atoms with van der Waals surface area (Å²) in [5, 5.41) is 8.68. The zero-order valence-electron chi connectivity index (χ0n) is 12.9. The molecule has 0 radical (unpaired) electrons. The van der Waals surface area contributed by atoms with Crippen LogP contribution in [0.1, 0.15) is 24.1 Å². The van der Waals surface area contributed by atoms with Gasteiger partial charge >= 0.3 is 0 Å². The number of guanidine groups is 1. The SMILES string of the molecule is CN=C(NCCCOCC1CCCO1)NCc1cc(Br)cs1. The fraction of sp³-hybridized carbons (Fsp3) is 0.667. The van der Waals surface area contributed by atoms with Gasteiger partial charge in [0, 0.05) is 41.5 Å². The van der Waals surface area contributed by atoms with Gasteiger partial charge in [-0.2, -0.15) is 0 Å². The summed E-state index contributed by atoms with van der Waals surface area (Å²) in [7, 11) is 1.79. The monoisotopic (exact) mass is 389 g/mol. The van der Waals surface area contributed by atoms with Crippen molar-refractivity contribution in [1.29, 1.82) is 0 Å². The van der Waals surface area contributed by atoms with Crippen LogP contribution in [0, 0.1) is 0 Å². The fourth-order valence-electron chi connectivity index (χ4n) is 2.21. The normalized spacial score (nSPS) is 18.6. The molecule has 1 saturated heterocycles. The second-order valence-corrected chi connectivity index (χ2v) is 7.06. The largest absolute Gasteiger partial charge is 0.379 e. The Bertz CT molecular complexity index is 461. The van der Waals surface area contributed by atoms with Crippen molar-refractivity contribution in [1.82, 2.24) is 10.6 Å². The summed E-state index contributed by atoms with van der Waals surface area (Å²) in [6.07, 6.45) is 3.57. The Morgan fingerprint density at radius 1 is 1.55 bits per heavy atom. The van der Waals surface area contributed by atoms with Crippen LogP contribution in [0.4, 0.5) is 0 Å². The first-order valence-corrected chi connectivity index (χ1v) is 9.32. The average molecular weight is 390 g/mol. The molecule has 1 aromatic rings. The molecule has 1 aromatic heterocycles. The van der Waals surface area contributed by atoms with Gasteiger partial charge in [-0.1, -0.05) is 0 Å². The third kappa shape index (κ3) is 6.64. The quantitative estimate of drug-likeness (QED) is 0.407. The second-order valence-electron chi connectivity index (χ2n) is 5.15. The molecule has 0 aromatic carbocycles. The average Bonchev–Trinajstić information content (AvgIpc) is 3.17. The number of rotatable bonds is 8. The molecule has 2 rings (SSSR count). The van der Waals surface area contributed by atoms with Crippen molar-refractivity contribution in [2.75, 3.05) is 33.4 Å². The predicted octanol–water partition coefficient (Wildman–Crippen LogP) is 2.76. The van der Waals surface area contributed by atoms with Crippen LogP contribution in [0.5, 0.6) is 0 Å². The van der Waals surface area contributed by atoms with E-state index in [9.17, 15) is 0 Å². The number of hydrogen-bond donors (Lipinski definition) is 2. The van der Waals surface area contributed by atoms with Gasteiger partial charge in [-0.15, -0.1) is 11.3 Å². The lowest BCUT2D eigenvalue weighted by Crippen LogP contribution is -2.37. The van der Waals surface area contributed by atoms with E-state index in [4.69, 9.17) is 9.47 Å². The van der Waals surface area contributed by atoms with Crippen molar-refractivity contribution >= 4 is 33.2 Å². The molecule has 0 aliphatic carbocycles. The number of halogens is 1. The summed E-state index contributed by atoms with van der Waals surface area (Å²) < 4.78 is 12.3. The minimum atomic E-state index is 0.313. The van der Waals surface area contributed by atoms with Crippen LogP contribution in [0.15, 0.2) is 20.9 Å². The van der Waals surface area contributed by atoms with Crippen LogP contribution in [0.3, 0.4) is 0 Å². The van der Waals surface area contributed by atoms with Gasteiger partial charge in [0.15, 0.2) is 5.96 Å². The van der Waals surface area contributed by atoms with Gasteiger partial charge in [0.1, 0.15) is 0 Å². The molecule has 1 atom stereocenters. The van der Waals surface area contributed by atoms with E-state index >= 15 is 0 Å². The van der Waals surface area contributed by atoms with Gasteiger partial charge in [-0.3, -0.25) is 4.99 Å². The third-order valence-electron chi connectivity index (χ3n) is 3.36. The number of thiophene rings is 1. The molecule has 1 aliphatic heterocycles. The molecular weight excluding hydrogens is 366 g/mol. The first kappa shape index (κ1) is 17.7. The van der Waals surface area contributed by atoms with Gasteiger partial charge in [0.05, 0.1) is 19.3 Å². The Hall–Kier alpha value is -0.630. The topological polar surface area (TPSA) is 54.9 Å². The predicted molar refractivity (Wildman–Crippen MR) is 94.6 cm³/mol. The molecule has 2 heterocycles. The first-order chi connectivity index (χ1) is 10.8. The van der Waals surface area contributed by atoms with Crippen LogP contribution >= 0.6 is 27.3 Å². The lowest BCUT2D eigenvalue weighted by molar-refractivity contribution is 0.0168. The van der Waals surface area contributed by atoms with Crippen molar-refractivity contribution in [2.24, 2.45) is 4.99 Å². The molecule has 0 bridgehead atoms. The van der Waals surface area contributed by atoms with Crippen molar-refractivity contribution in [3.8, 4) is 0 Å². The van der Waals surface area contributed by atoms with Gasteiger partial charge in [-0.05, 0) is 41.3 Å². The first-order valence-electron chi connectivity index (χ1n) is 7.64. The summed E-state index contributed by atoms with van der Waals surface area (Å²) in [4.78, 5) is 5.49. The number of ether oxygens (including phenoxy) is 2. The van der Waals surface area contributed by atoms with E-state index in [2.05, 4.69) is 43.0 Å². The van der Waals surface area contributed by atoms with Crippen LogP contribution < -0.4 is 10.6 Å². The van der Waals surface area contributed by atoms with Gasteiger partial charge in [0.2, 0.25) is 0 Å². The number of aliphatic imine (C=N–C) groups is 1. The smallest absolute Gasteiger partial charge is 0.191 e. The Morgan fingerprint density at radius 3 is 3.14 bits per heavy atom. The summed E-state index contributed by atoms with van der Waals surface area (Å²) in [5.41, 5.74) is 0. The Labute approximate surface area is 144 Å². The van der Waals surface area contributed by atoms with Crippen LogP contribution in [0.25, 0.3) is 0 Å². The summed E-state index contributed by atoms with van der Waals surface area (Å²) in [5.74, 6) is 0.823. The molecule has 1 unspecified atom stereocenters. The Kier molecular flexibility index (Phi) is 8.22. The third-order valence-corrected chi connectivity index (χ3v) is 5.06. The van der Waals surface area contributed by atoms with Gasteiger partial charge in [0.25, 0.3) is 0 Å². The Balaban J connectivity index is 1.50. The molecule has 0 saturated carbocycles. The zero-order chi connectivity index (χ0) is 15.6. The Morgan fingerprint density at radius 2 is 2.45 bits per heavy atom. The number of nitrogens with zero attached hydrogens (tertiary/aromatic N) is 1. The highest BCUT2D eigenvalue weighted by molar-refractivity contribution is 9.10. The maximum Gasteiger partial charge on any atom is 0.191 e. The maximum atomic E-state index is 5.64. The van der Waals surface area contributed by atoms with Crippen LogP contribution in [-0.2, 0) is 16.0 Å². The summed E-state index contributed by atoms with van der Waals surface area (Å²) >= 11 is 5.19. The maximum absolute atomic E-state index is 5.64. The fourth-order valence-corrected chi connectivity index (χ4v) is 3.60. The van der Waals surface area contributed by atoms with Crippen molar-refractivity contribution in [3.63, 3.8) is 0 Å². The molecular formula is C15H24BrN3O2S. The molecule has 0 spiro atoms. The molecule has 7 heteroatoms. The van der Waals surface area contributed by atoms with Gasteiger partial charge in [-0.25, -0.2) is 0 Å². The molecule has 2 N–H and O–H groups in total. The highest BCUT2D eigenvalue weighted by Gasteiger charge is 2.14. The van der Waals surface area contributed by atoms with Gasteiger partial charge < -0.3 is 20.1 Å². The minimum absolute atomic E-state index is 0.313. The summed E-state index contributed by atoms with van der Waals surface area (Å²) in [6, 6.07) is 2.11. The van der Waals surface area contributed by atoms with E-state index in [1.54, 1.807) is 18.4 Å². The van der Waals surface area contributed by atoms with E-state index < -0.39 is 0 Å². The van der Waals surface area contributed by atoms with E-state index in [1.807, 2.05) is 0 Å². The van der Waals surface area contributed by atoms with E-state index in [0.29, 0.717) is 6.10 Å². The highest BCUT2D eigenvalue weighted by atomic mass is 79.9. The lowest BCUT2D eigenvalue weighted by atomic mass is 10.2. The molecule has 1 aliphatic rings. The van der Waals surface area contributed by atoms with E-state index in [-0.39, 0.29) is 0 Å². The number of nitrogens with one attached hydrogen (secondary N) is 2. The van der Waals surface area contributed by atoms with Crippen LogP contribution in [-0.4, -0.2) is 45.5 Å². The summed E-state index contributed by atoms with van der Waals surface area (Å²) in [6.45, 7) is 3.99. The van der Waals surface area contributed by atoms with E-state index in [0.717, 1.165) is 56.2 Å². The molecule has 22 heavy (non-hydrogen) atoms. The van der Waals surface area contributed by atoms with E-state index in [1.165, 1.54) is 11.3 Å². The minimum Gasteiger partial charge on any atom is -0.379 e. The molecule has 0 amide bonds. The van der Waals surface area contributed by atoms with Crippen molar-refractivity contribution < 1.29 is 9.47 Å². The highest BCUT2D eigenvalue weighted by Crippen LogP contribution is 2.19. The van der Waals surface area contributed by atoms with Crippen molar-refractivity contribution in [3.05, 3.63) is 20.8 Å². The zero-order valence-corrected chi connectivity index (χ0v) is 15.3. The second kappa shape index (κ2) is 10.2. The van der Waals surface area contributed by atoms with Crippen molar-refractivity contribution in [2.45, 2.75) is 31.9 Å². The lowest BCUT2D eigenvalue weighted by Gasteiger charge is -2.12. The molecule has 124 valence electrons. The standard InChI is InChI=1S/C15H24BrN3O2S/c1-17-15(19-9-14-8-12(16)11-22-14)18-5-3-6-20-10-13-4-2-7-21-13/h8,11,13H,2-7,9-10H2,1H3,(H2,17,18,19). The number of hydrogen-bond acceptors (Lipinski definition) is 4. The molecule has 1 fully saturated rings. The molecule has 5 nitrogen and oxygen atoms in total.